The number of rotatable bonds is 5. The van der Waals surface area contributed by atoms with Crippen LogP contribution in [0, 0.1) is 6.92 Å². The van der Waals surface area contributed by atoms with Crippen LogP contribution in [0.1, 0.15) is 57.3 Å². The fraction of sp³-hybridized carbons (Fsp3) is 0.269. The summed E-state index contributed by atoms with van der Waals surface area (Å²) in [6.07, 6.45) is -0.0536. The molecule has 3 nitrogen and oxygen atoms in total. The lowest BCUT2D eigenvalue weighted by Gasteiger charge is -2.41. The minimum atomic E-state index is -0.263. The normalized spacial score (nSPS) is 21.0. The van der Waals surface area contributed by atoms with E-state index in [1.165, 1.54) is 5.56 Å². The fourth-order valence-corrected chi connectivity index (χ4v) is 4.20. The number of benzene rings is 3. The molecule has 1 aliphatic rings. The number of hydrogen-bond acceptors (Lipinski definition) is 3. The summed E-state index contributed by atoms with van der Waals surface area (Å²) >= 11 is 0. The van der Waals surface area contributed by atoms with Gasteiger partial charge >= 0.3 is 0 Å². The molecule has 3 heteroatoms. The molecule has 4 rings (SSSR count). The van der Waals surface area contributed by atoms with Crippen molar-refractivity contribution in [2.24, 2.45) is 0 Å². The van der Waals surface area contributed by atoms with E-state index in [2.05, 4.69) is 49.3 Å². The van der Waals surface area contributed by atoms with Crippen molar-refractivity contribution >= 4 is 5.78 Å². The van der Waals surface area contributed by atoms with Crippen LogP contribution in [-0.2, 0) is 4.74 Å². The number of ketones is 1. The van der Waals surface area contributed by atoms with E-state index in [0.29, 0.717) is 6.42 Å². The molecule has 3 atom stereocenters. The molecule has 0 aromatic heterocycles. The molecule has 0 radical (unpaired) electrons. The average molecular weight is 386 g/mol. The Kier molecular flexibility index (Phi) is 5.61. The van der Waals surface area contributed by atoms with Crippen LogP contribution in [0.4, 0.5) is 0 Å². The molecule has 1 heterocycles. The molecular formula is C26H27NO2. The van der Waals surface area contributed by atoms with Crippen molar-refractivity contribution < 1.29 is 9.53 Å². The van der Waals surface area contributed by atoms with Crippen molar-refractivity contribution in [1.29, 1.82) is 0 Å². The van der Waals surface area contributed by atoms with Crippen LogP contribution < -0.4 is 0 Å². The number of ether oxygens (including phenoxy) is 1. The number of Topliss-reactive ketones (excluding diaryl/α,β-unsaturated/α-hetero) is 1. The molecule has 148 valence electrons. The largest absolute Gasteiger partial charge is 0.363 e. The predicted molar refractivity (Wildman–Crippen MR) is 116 cm³/mol. The standard InChI is InChI=1S/C26H27NO2/c1-18-13-15-19(16-14-18)23(28)17-24-21-11-7-8-12-22(21)25(27(2)3)26(29-24)20-9-5-4-6-10-20/h4-16,24-26H,17H2,1-3H3/t24-,25-,26+/m0/s1. The first kappa shape index (κ1) is 19.6. The maximum Gasteiger partial charge on any atom is 0.165 e. The molecule has 29 heavy (non-hydrogen) atoms. The molecule has 0 bridgehead atoms. The first-order chi connectivity index (χ1) is 14.0. The van der Waals surface area contributed by atoms with Crippen LogP contribution >= 0.6 is 0 Å². The van der Waals surface area contributed by atoms with Crippen LogP contribution in [-0.4, -0.2) is 24.8 Å². The summed E-state index contributed by atoms with van der Waals surface area (Å²) < 4.78 is 6.63. The zero-order valence-electron chi connectivity index (χ0n) is 17.2. The van der Waals surface area contributed by atoms with Crippen molar-refractivity contribution in [1.82, 2.24) is 4.90 Å². The molecule has 3 aromatic carbocycles. The van der Waals surface area contributed by atoms with Gasteiger partial charge in [-0.2, -0.15) is 0 Å². The Hall–Kier alpha value is -2.75. The SMILES string of the molecule is Cc1ccc(C(=O)C[C@@H]2O[C@H](c3ccccc3)[C@@H](N(C)C)c3ccccc32)cc1. The smallest absolute Gasteiger partial charge is 0.165 e. The van der Waals surface area contributed by atoms with E-state index >= 15 is 0 Å². The monoisotopic (exact) mass is 385 g/mol. The summed E-state index contributed by atoms with van der Waals surface area (Å²) in [6.45, 7) is 2.03. The molecule has 3 aromatic rings. The fourth-order valence-electron chi connectivity index (χ4n) is 4.20. The van der Waals surface area contributed by atoms with Crippen molar-refractivity contribution in [3.63, 3.8) is 0 Å². The maximum absolute atomic E-state index is 13.0. The van der Waals surface area contributed by atoms with E-state index < -0.39 is 0 Å². The molecule has 0 unspecified atom stereocenters. The van der Waals surface area contributed by atoms with Crippen LogP contribution in [0.5, 0.6) is 0 Å². The molecule has 0 N–H and O–H groups in total. The summed E-state index contributed by atoms with van der Waals surface area (Å²) in [6, 6.07) is 26.6. The van der Waals surface area contributed by atoms with Gasteiger partial charge in [0.05, 0.1) is 12.1 Å². The van der Waals surface area contributed by atoms with Gasteiger partial charge in [-0.15, -0.1) is 0 Å². The van der Waals surface area contributed by atoms with E-state index in [-0.39, 0.29) is 24.0 Å². The first-order valence-corrected chi connectivity index (χ1v) is 10.1. The number of carbonyl (C=O) groups excluding carboxylic acids is 1. The van der Waals surface area contributed by atoms with E-state index in [9.17, 15) is 4.79 Å². The molecule has 0 aliphatic carbocycles. The van der Waals surface area contributed by atoms with Gasteiger partial charge in [-0.25, -0.2) is 0 Å². The highest BCUT2D eigenvalue weighted by atomic mass is 16.5. The van der Waals surface area contributed by atoms with E-state index in [1.807, 2.05) is 55.5 Å². The van der Waals surface area contributed by atoms with E-state index in [1.54, 1.807) is 0 Å². The van der Waals surface area contributed by atoms with Crippen LogP contribution in [0.15, 0.2) is 78.9 Å². The van der Waals surface area contributed by atoms with Crippen LogP contribution in [0.25, 0.3) is 0 Å². The Bertz CT molecular complexity index is 979. The van der Waals surface area contributed by atoms with Crippen molar-refractivity contribution in [3.8, 4) is 0 Å². The van der Waals surface area contributed by atoms with Gasteiger partial charge in [-0.05, 0) is 37.7 Å². The van der Waals surface area contributed by atoms with Gasteiger partial charge in [-0.1, -0.05) is 84.4 Å². The molecule has 0 amide bonds. The van der Waals surface area contributed by atoms with Gasteiger partial charge in [0.15, 0.2) is 5.78 Å². The Labute approximate surface area is 172 Å². The summed E-state index contributed by atoms with van der Waals surface area (Å²) in [5.41, 5.74) is 5.37. The average Bonchev–Trinajstić information content (AvgIpc) is 2.74. The van der Waals surface area contributed by atoms with Gasteiger partial charge in [0.25, 0.3) is 0 Å². The van der Waals surface area contributed by atoms with Gasteiger partial charge in [0.1, 0.15) is 6.10 Å². The third kappa shape index (κ3) is 4.02. The van der Waals surface area contributed by atoms with Gasteiger partial charge < -0.3 is 4.74 Å². The Morgan fingerprint density at radius 3 is 2.14 bits per heavy atom. The van der Waals surface area contributed by atoms with Crippen LogP contribution in [0.3, 0.4) is 0 Å². The zero-order chi connectivity index (χ0) is 20.4. The lowest BCUT2D eigenvalue weighted by molar-refractivity contribution is -0.0718. The Balaban J connectivity index is 1.71. The maximum atomic E-state index is 13.0. The van der Waals surface area contributed by atoms with Crippen molar-refractivity contribution in [2.75, 3.05) is 14.1 Å². The van der Waals surface area contributed by atoms with Gasteiger partial charge in [0.2, 0.25) is 0 Å². The van der Waals surface area contributed by atoms with Gasteiger partial charge in [0, 0.05) is 12.0 Å². The zero-order valence-corrected chi connectivity index (χ0v) is 17.2. The highest BCUT2D eigenvalue weighted by Crippen LogP contribution is 2.47. The second-order valence-corrected chi connectivity index (χ2v) is 7.99. The van der Waals surface area contributed by atoms with E-state index in [4.69, 9.17) is 4.74 Å². The van der Waals surface area contributed by atoms with Crippen molar-refractivity contribution in [3.05, 3.63) is 107 Å². The molecule has 0 fully saturated rings. The Morgan fingerprint density at radius 1 is 0.862 bits per heavy atom. The number of aryl methyl sites for hydroxylation is 1. The summed E-state index contributed by atoms with van der Waals surface area (Å²) in [7, 11) is 4.16. The Morgan fingerprint density at radius 2 is 1.48 bits per heavy atom. The third-order valence-corrected chi connectivity index (χ3v) is 5.69. The number of likely N-dealkylation sites (N-methyl/N-ethyl adjacent to an activating group) is 1. The van der Waals surface area contributed by atoms with Crippen LogP contribution in [0.2, 0.25) is 0 Å². The summed E-state index contributed by atoms with van der Waals surface area (Å²) in [5.74, 6) is 0.111. The van der Waals surface area contributed by atoms with E-state index in [0.717, 1.165) is 22.3 Å². The number of nitrogens with zero attached hydrogens (tertiary/aromatic N) is 1. The molecule has 0 saturated carbocycles. The number of hydrogen-bond donors (Lipinski definition) is 0. The molecule has 1 aliphatic heterocycles. The first-order valence-electron chi connectivity index (χ1n) is 10.1. The molecule has 0 saturated heterocycles. The molecular weight excluding hydrogens is 358 g/mol. The lowest BCUT2D eigenvalue weighted by Crippen LogP contribution is -2.34. The number of carbonyl (C=O) groups is 1. The lowest BCUT2D eigenvalue weighted by atomic mass is 9.84. The highest BCUT2D eigenvalue weighted by molar-refractivity contribution is 5.96. The van der Waals surface area contributed by atoms with Gasteiger partial charge in [-0.3, -0.25) is 9.69 Å². The summed E-state index contributed by atoms with van der Waals surface area (Å²) in [4.78, 5) is 15.2. The third-order valence-electron chi connectivity index (χ3n) is 5.69. The number of fused-ring (bicyclic) bond motifs is 1. The quantitative estimate of drug-likeness (QED) is 0.529. The second kappa shape index (κ2) is 8.32. The minimum absolute atomic E-state index is 0.0966. The topological polar surface area (TPSA) is 29.5 Å². The minimum Gasteiger partial charge on any atom is -0.363 e. The second-order valence-electron chi connectivity index (χ2n) is 7.99. The molecule has 0 spiro atoms. The highest BCUT2D eigenvalue weighted by Gasteiger charge is 2.38. The van der Waals surface area contributed by atoms with Crippen molar-refractivity contribution in [2.45, 2.75) is 31.6 Å². The summed E-state index contributed by atoms with van der Waals surface area (Å²) in [5, 5.41) is 0. The predicted octanol–water partition coefficient (Wildman–Crippen LogP) is 5.68.